The first kappa shape index (κ1) is 18.7. The molecule has 3 rings (SSSR count). The van der Waals surface area contributed by atoms with Crippen molar-refractivity contribution < 1.29 is 23.9 Å². The van der Waals surface area contributed by atoms with Crippen LogP contribution in [0.2, 0.25) is 0 Å². The number of nitrogens with one attached hydrogen (secondary N) is 2. The number of furan rings is 1. The lowest BCUT2D eigenvalue weighted by atomic mass is 10.1. The number of para-hydroxylation sites is 1. The van der Waals surface area contributed by atoms with Crippen LogP contribution in [0.25, 0.3) is 6.08 Å². The summed E-state index contributed by atoms with van der Waals surface area (Å²) < 4.78 is 5.11. The molecule has 0 saturated heterocycles. The summed E-state index contributed by atoms with van der Waals surface area (Å²) in [7, 11) is 0. The van der Waals surface area contributed by atoms with Gasteiger partial charge in [0, 0.05) is 11.8 Å². The van der Waals surface area contributed by atoms with Gasteiger partial charge in [0.1, 0.15) is 5.76 Å². The zero-order chi connectivity index (χ0) is 19.9. The number of anilines is 2. The summed E-state index contributed by atoms with van der Waals surface area (Å²) >= 11 is 0. The minimum Gasteiger partial charge on any atom is -0.545 e. The number of hydrogen-bond donors (Lipinski definition) is 2. The van der Waals surface area contributed by atoms with Crippen LogP contribution in [0.1, 0.15) is 26.5 Å². The Bertz CT molecular complexity index is 1020. The Morgan fingerprint density at radius 1 is 0.893 bits per heavy atom. The minimum atomic E-state index is -1.30. The van der Waals surface area contributed by atoms with E-state index in [9.17, 15) is 19.5 Å². The Kier molecular flexibility index (Phi) is 5.66. The van der Waals surface area contributed by atoms with Crippen molar-refractivity contribution in [3.05, 3.63) is 89.9 Å². The van der Waals surface area contributed by atoms with Crippen LogP contribution in [0.15, 0.2) is 77.4 Å². The zero-order valence-electron chi connectivity index (χ0n) is 14.5. The van der Waals surface area contributed by atoms with Crippen molar-refractivity contribution in [1.29, 1.82) is 0 Å². The molecule has 2 amide bonds. The number of hydrogen-bond acceptors (Lipinski definition) is 5. The molecule has 28 heavy (non-hydrogen) atoms. The molecule has 2 N–H and O–H groups in total. The summed E-state index contributed by atoms with van der Waals surface area (Å²) in [5.74, 6) is -1.64. The maximum absolute atomic E-state index is 12.6. The summed E-state index contributed by atoms with van der Waals surface area (Å²) in [6, 6.07) is 15.5. The van der Waals surface area contributed by atoms with Gasteiger partial charge in [-0.05, 0) is 48.0 Å². The van der Waals surface area contributed by atoms with Gasteiger partial charge in [0.2, 0.25) is 5.91 Å². The van der Waals surface area contributed by atoms with E-state index in [2.05, 4.69) is 10.6 Å². The van der Waals surface area contributed by atoms with Gasteiger partial charge in [-0.1, -0.05) is 24.3 Å². The highest BCUT2D eigenvalue weighted by molar-refractivity contribution is 6.11. The number of carbonyl (C=O) groups is 3. The van der Waals surface area contributed by atoms with Crippen LogP contribution in [0.3, 0.4) is 0 Å². The monoisotopic (exact) mass is 375 g/mol. The van der Waals surface area contributed by atoms with Crippen molar-refractivity contribution in [2.24, 2.45) is 0 Å². The normalized spacial score (nSPS) is 10.6. The van der Waals surface area contributed by atoms with Crippen molar-refractivity contribution in [2.45, 2.75) is 0 Å². The largest absolute Gasteiger partial charge is 0.545 e. The van der Waals surface area contributed by atoms with E-state index in [1.807, 2.05) is 0 Å². The molecule has 0 unspecified atom stereocenters. The van der Waals surface area contributed by atoms with E-state index < -0.39 is 17.8 Å². The molecule has 0 aliphatic rings. The molecule has 0 spiro atoms. The van der Waals surface area contributed by atoms with Crippen molar-refractivity contribution in [1.82, 2.24) is 0 Å². The molecule has 0 bridgehead atoms. The lowest BCUT2D eigenvalue weighted by molar-refractivity contribution is -0.255. The van der Waals surface area contributed by atoms with E-state index in [0.29, 0.717) is 17.1 Å². The molecule has 7 heteroatoms. The predicted molar refractivity (Wildman–Crippen MR) is 102 cm³/mol. The lowest BCUT2D eigenvalue weighted by Crippen LogP contribution is -2.22. The highest BCUT2D eigenvalue weighted by Crippen LogP contribution is 2.18. The van der Waals surface area contributed by atoms with Gasteiger partial charge >= 0.3 is 0 Å². The number of carboxylic acid groups (broad SMARTS) is 1. The lowest BCUT2D eigenvalue weighted by Gasteiger charge is -2.11. The van der Waals surface area contributed by atoms with Crippen LogP contribution in [0, 0.1) is 0 Å². The number of carboxylic acids is 1. The van der Waals surface area contributed by atoms with Crippen LogP contribution in [0.4, 0.5) is 11.4 Å². The zero-order valence-corrected chi connectivity index (χ0v) is 14.5. The van der Waals surface area contributed by atoms with Crippen molar-refractivity contribution in [3.63, 3.8) is 0 Å². The van der Waals surface area contributed by atoms with E-state index in [4.69, 9.17) is 4.42 Å². The third-order valence-corrected chi connectivity index (χ3v) is 3.75. The van der Waals surface area contributed by atoms with Crippen molar-refractivity contribution >= 4 is 35.2 Å². The smallest absolute Gasteiger partial charge is 0.257 e. The molecular weight excluding hydrogens is 360 g/mol. The maximum atomic E-state index is 12.6. The molecule has 7 nitrogen and oxygen atoms in total. The maximum Gasteiger partial charge on any atom is 0.257 e. The highest BCUT2D eigenvalue weighted by Gasteiger charge is 2.12. The molecule has 1 aromatic heterocycles. The number of amides is 2. The SMILES string of the molecule is O=C(/C=C/c1ccco1)Nc1ccccc1C(=O)Nc1ccc(C(=O)[O-])cc1. The standard InChI is InChI=1S/C21H16N2O5/c24-19(12-11-16-4-3-13-28-16)23-18-6-2-1-5-17(18)20(25)22-15-9-7-14(8-10-15)21(26)27/h1-13H,(H,22,25)(H,23,24)(H,26,27)/p-1/b12-11+. The van der Waals surface area contributed by atoms with E-state index in [1.165, 1.54) is 42.7 Å². The van der Waals surface area contributed by atoms with Gasteiger partial charge in [0.15, 0.2) is 0 Å². The molecule has 0 aliphatic heterocycles. The summed E-state index contributed by atoms with van der Waals surface area (Å²) in [6.07, 6.45) is 4.31. The van der Waals surface area contributed by atoms with E-state index >= 15 is 0 Å². The summed E-state index contributed by atoms with van der Waals surface area (Å²) in [4.78, 5) is 35.4. The molecule has 3 aromatic rings. The minimum absolute atomic E-state index is 0.00834. The quantitative estimate of drug-likeness (QED) is 0.643. The number of carbonyl (C=O) groups excluding carboxylic acids is 3. The Hall–Kier alpha value is -4.13. The predicted octanol–water partition coefficient (Wildman–Crippen LogP) is 2.55. The number of aromatic carboxylic acids is 1. The van der Waals surface area contributed by atoms with Crippen molar-refractivity contribution in [2.75, 3.05) is 10.6 Å². The van der Waals surface area contributed by atoms with Crippen LogP contribution >= 0.6 is 0 Å². The fourth-order valence-corrected chi connectivity index (χ4v) is 2.40. The number of benzene rings is 2. The Labute approximate surface area is 160 Å². The first-order chi connectivity index (χ1) is 13.5. The van der Waals surface area contributed by atoms with Crippen molar-refractivity contribution in [3.8, 4) is 0 Å². The van der Waals surface area contributed by atoms with Crippen LogP contribution in [-0.4, -0.2) is 17.8 Å². The molecule has 2 aromatic carbocycles. The highest BCUT2D eigenvalue weighted by atomic mass is 16.4. The first-order valence-electron chi connectivity index (χ1n) is 8.27. The Morgan fingerprint density at radius 3 is 2.32 bits per heavy atom. The van der Waals surface area contributed by atoms with Crippen LogP contribution in [-0.2, 0) is 4.79 Å². The summed E-state index contributed by atoms with van der Waals surface area (Å²) in [6.45, 7) is 0. The van der Waals surface area contributed by atoms with Gasteiger partial charge in [0.05, 0.1) is 23.5 Å². The third kappa shape index (κ3) is 4.73. The van der Waals surface area contributed by atoms with Gasteiger partial charge in [-0.2, -0.15) is 0 Å². The first-order valence-corrected chi connectivity index (χ1v) is 8.27. The van der Waals surface area contributed by atoms with Gasteiger partial charge in [-0.25, -0.2) is 0 Å². The van der Waals surface area contributed by atoms with Crippen LogP contribution in [0.5, 0.6) is 0 Å². The fraction of sp³-hybridized carbons (Fsp3) is 0. The fourth-order valence-electron chi connectivity index (χ4n) is 2.40. The second-order valence-corrected chi connectivity index (χ2v) is 5.70. The molecule has 0 radical (unpaired) electrons. The Morgan fingerprint density at radius 2 is 1.64 bits per heavy atom. The van der Waals surface area contributed by atoms with E-state index in [1.54, 1.807) is 36.4 Å². The van der Waals surface area contributed by atoms with Gasteiger partial charge in [-0.15, -0.1) is 0 Å². The van der Waals surface area contributed by atoms with E-state index in [-0.39, 0.29) is 11.1 Å². The molecule has 0 atom stereocenters. The van der Waals surface area contributed by atoms with Gasteiger partial charge in [-0.3, -0.25) is 9.59 Å². The molecule has 0 aliphatic carbocycles. The molecule has 0 fully saturated rings. The topological polar surface area (TPSA) is 111 Å². The molecule has 0 saturated carbocycles. The molecular formula is C21H15N2O5-. The summed E-state index contributed by atoms with van der Waals surface area (Å²) in [5, 5.41) is 16.1. The van der Waals surface area contributed by atoms with Gasteiger partial charge in [0.25, 0.3) is 5.91 Å². The third-order valence-electron chi connectivity index (χ3n) is 3.75. The second kappa shape index (κ2) is 8.50. The van der Waals surface area contributed by atoms with E-state index in [0.717, 1.165) is 0 Å². The average molecular weight is 375 g/mol. The molecule has 140 valence electrons. The average Bonchev–Trinajstić information content (AvgIpc) is 3.21. The molecule has 1 heterocycles. The van der Waals surface area contributed by atoms with Gasteiger partial charge < -0.3 is 25.0 Å². The summed E-state index contributed by atoms with van der Waals surface area (Å²) in [5.41, 5.74) is 1.01. The second-order valence-electron chi connectivity index (χ2n) is 5.70. The Balaban J connectivity index is 1.71. The number of rotatable bonds is 6. The van der Waals surface area contributed by atoms with Crippen LogP contribution < -0.4 is 15.7 Å².